The zero-order valence-electron chi connectivity index (χ0n) is 28.0. The van der Waals surface area contributed by atoms with E-state index in [1.54, 1.807) is 0 Å². The van der Waals surface area contributed by atoms with Crippen LogP contribution in [0.3, 0.4) is 0 Å². The van der Waals surface area contributed by atoms with Crippen molar-refractivity contribution >= 4 is 0 Å². The highest BCUT2D eigenvalue weighted by Crippen LogP contribution is 2.21. The molecule has 0 heterocycles. The minimum Gasteiger partial charge on any atom is -0.313 e. The Bertz CT molecular complexity index is 754. The first-order chi connectivity index (χ1) is 20.8. The highest BCUT2D eigenvalue weighted by Gasteiger charge is 2.01. The number of nitrogens with one attached hydrogen (secondary N) is 2. The molecule has 0 fully saturated rings. The van der Waals surface area contributed by atoms with E-state index < -0.39 is 0 Å². The fourth-order valence-corrected chi connectivity index (χ4v) is 5.92. The lowest BCUT2D eigenvalue weighted by Crippen LogP contribution is -2.14. The van der Waals surface area contributed by atoms with Crippen LogP contribution >= 0.6 is 0 Å². The minimum absolute atomic E-state index is 0.974. The molecule has 0 aliphatic rings. The predicted octanol–water partition coefficient (Wildman–Crippen LogP) is 12.2. The second-order valence-corrected chi connectivity index (χ2v) is 12.8. The molecule has 2 aromatic rings. The van der Waals surface area contributed by atoms with Crippen molar-refractivity contribution in [3.63, 3.8) is 0 Å². The maximum absolute atomic E-state index is 3.64. The van der Waals surface area contributed by atoms with E-state index in [-0.39, 0.29) is 0 Å². The van der Waals surface area contributed by atoms with Gasteiger partial charge in [-0.3, -0.25) is 0 Å². The van der Waals surface area contributed by atoms with Gasteiger partial charge in [-0.05, 0) is 48.2 Å². The third-order valence-corrected chi connectivity index (χ3v) is 8.81. The summed E-state index contributed by atoms with van der Waals surface area (Å²) < 4.78 is 0. The van der Waals surface area contributed by atoms with E-state index in [2.05, 4.69) is 73.0 Å². The van der Waals surface area contributed by atoms with E-state index in [9.17, 15) is 0 Å². The molecule has 0 saturated heterocycles. The number of unbranched alkanes of at least 4 members (excludes halogenated alkanes) is 20. The lowest BCUT2D eigenvalue weighted by Gasteiger charge is -2.09. The summed E-state index contributed by atoms with van der Waals surface area (Å²) in [6.07, 6.45) is 31.0. The van der Waals surface area contributed by atoms with Crippen molar-refractivity contribution in [1.82, 2.24) is 10.6 Å². The fourth-order valence-electron chi connectivity index (χ4n) is 5.92. The molecule has 0 saturated carbocycles. The average Bonchev–Trinajstić information content (AvgIpc) is 3.02. The Morgan fingerprint density at radius 3 is 0.881 bits per heavy atom. The second kappa shape index (κ2) is 26.9. The van der Waals surface area contributed by atoms with Gasteiger partial charge in [0.05, 0.1) is 0 Å². The van der Waals surface area contributed by atoms with Crippen LogP contribution < -0.4 is 10.6 Å². The van der Waals surface area contributed by atoms with Crippen LogP contribution in [0.1, 0.15) is 166 Å². The van der Waals surface area contributed by atoms with Crippen LogP contribution in [0.2, 0.25) is 0 Å². The molecule has 2 heteroatoms. The molecule has 238 valence electrons. The largest absolute Gasteiger partial charge is 0.313 e. The molecule has 2 aromatic carbocycles. The second-order valence-electron chi connectivity index (χ2n) is 12.8. The third kappa shape index (κ3) is 19.5. The zero-order chi connectivity index (χ0) is 29.8. The van der Waals surface area contributed by atoms with E-state index in [4.69, 9.17) is 0 Å². The van der Waals surface area contributed by atoms with Gasteiger partial charge in [-0.25, -0.2) is 0 Å². The molecule has 0 aliphatic carbocycles. The first-order valence-corrected chi connectivity index (χ1v) is 18.4. The van der Waals surface area contributed by atoms with Gasteiger partial charge in [0.1, 0.15) is 0 Å². The third-order valence-electron chi connectivity index (χ3n) is 8.81. The summed E-state index contributed by atoms with van der Waals surface area (Å²) in [7, 11) is 0. The Morgan fingerprint density at radius 2 is 0.595 bits per heavy atom. The van der Waals surface area contributed by atoms with Crippen molar-refractivity contribution in [2.24, 2.45) is 0 Å². The Balaban J connectivity index is 1.45. The monoisotopic (exact) mass is 577 g/mol. The standard InChI is InChI=1S/C40H68N2/c1-3-5-7-9-11-13-15-17-19-21-23-33-41-35-37-25-29-39(30-26-37)40-31-27-38(28-32-40)36-42-34-24-22-20-18-16-14-12-10-8-6-4-2/h25-32,41-42H,3-24,33-36H2,1-2H3. The summed E-state index contributed by atoms with van der Waals surface area (Å²) in [5.74, 6) is 0. The summed E-state index contributed by atoms with van der Waals surface area (Å²) in [4.78, 5) is 0. The van der Waals surface area contributed by atoms with Crippen molar-refractivity contribution in [1.29, 1.82) is 0 Å². The normalized spacial score (nSPS) is 11.4. The Morgan fingerprint density at radius 1 is 0.333 bits per heavy atom. The van der Waals surface area contributed by atoms with E-state index in [0.717, 1.165) is 26.2 Å². The van der Waals surface area contributed by atoms with Crippen molar-refractivity contribution in [2.45, 2.75) is 168 Å². The van der Waals surface area contributed by atoms with Gasteiger partial charge in [0.2, 0.25) is 0 Å². The van der Waals surface area contributed by atoms with E-state index in [1.165, 1.54) is 164 Å². The van der Waals surface area contributed by atoms with E-state index >= 15 is 0 Å². The van der Waals surface area contributed by atoms with Gasteiger partial charge >= 0.3 is 0 Å². The molecule has 0 bridgehead atoms. The highest BCUT2D eigenvalue weighted by atomic mass is 14.8. The lowest BCUT2D eigenvalue weighted by molar-refractivity contribution is 0.539. The molecule has 0 atom stereocenters. The van der Waals surface area contributed by atoms with Crippen LogP contribution in [-0.4, -0.2) is 13.1 Å². The van der Waals surface area contributed by atoms with Gasteiger partial charge in [0.25, 0.3) is 0 Å². The maximum Gasteiger partial charge on any atom is 0.0205 e. The van der Waals surface area contributed by atoms with Gasteiger partial charge < -0.3 is 10.6 Å². The minimum atomic E-state index is 0.974. The van der Waals surface area contributed by atoms with Gasteiger partial charge in [-0.2, -0.15) is 0 Å². The number of hydrogen-bond acceptors (Lipinski definition) is 2. The molecular weight excluding hydrogens is 508 g/mol. The van der Waals surface area contributed by atoms with E-state index in [0.29, 0.717) is 0 Å². The predicted molar refractivity (Wildman–Crippen MR) is 188 cm³/mol. The van der Waals surface area contributed by atoms with E-state index in [1.807, 2.05) is 0 Å². The SMILES string of the molecule is CCCCCCCCCCCCCNCc1ccc(-c2ccc(CNCCCCCCCCCCCCC)cc2)cc1. The Hall–Kier alpha value is -1.64. The summed E-state index contributed by atoms with van der Waals surface area (Å²) >= 11 is 0. The highest BCUT2D eigenvalue weighted by molar-refractivity contribution is 5.63. The molecule has 0 amide bonds. The van der Waals surface area contributed by atoms with Crippen molar-refractivity contribution < 1.29 is 0 Å². The van der Waals surface area contributed by atoms with Crippen LogP contribution in [0, 0.1) is 0 Å². The number of benzene rings is 2. The van der Waals surface area contributed by atoms with Crippen molar-refractivity contribution in [2.75, 3.05) is 13.1 Å². The van der Waals surface area contributed by atoms with Crippen LogP contribution in [0.25, 0.3) is 11.1 Å². The topological polar surface area (TPSA) is 24.1 Å². The molecule has 42 heavy (non-hydrogen) atoms. The molecule has 2 nitrogen and oxygen atoms in total. The maximum atomic E-state index is 3.64. The summed E-state index contributed by atoms with van der Waals surface area (Å²) in [6, 6.07) is 18.2. The van der Waals surface area contributed by atoms with Crippen LogP contribution in [0.15, 0.2) is 48.5 Å². The molecule has 0 spiro atoms. The number of rotatable bonds is 29. The van der Waals surface area contributed by atoms with Gasteiger partial charge in [0, 0.05) is 13.1 Å². The molecule has 0 aliphatic heterocycles. The van der Waals surface area contributed by atoms with Crippen molar-refractivity contribution in [3.05, 3.63) is 59.7 Å². The number of hydrogen-bond donors (Lipinski definition) is 2. The van der Waals surface area contributed by atoms with Gasteiger partial charge in [-0.1, -0.05) is 191 Å². The molecule has 0 radical (unpaired) electrons. The molecular formula is C40H68N2. The molecule has 0 unspecified atom stereocenters. The zero-order valence-corrected chi connectivity index (χ0v) is 28.0. The molecule has 0 aromatic heterocycles. The Labute approximate surface area is 262 Å². The van der Waals surface area contributed by atoms with Crippen molar-refractivity contribution in [3.8, 4) is 11.1 Å². The lowest BCUT2D eigenvalue weighted by atomic mass is 10.0. The van der Waals surface area contributed by atoms with Gasteiger partial charge in [0.15, 0.2) is 0 Å². The first-order valence-electron chi connectivity index (χ1n) is 18.4. The summed E-state index contributed by atoms with van der Waals surface area (Å²) in [6.45, 7) is 8.80. The van der Waals surface area contributed by atoms with Crippen LogP contribution in [-0.2, 0) is 13.1 Å². The van der Waals surface area contributed by atoms with Crippen LogP contribution in [0.4, 0.5) is 0 Å². The average molecular weight is 577 g/mol. The first kappa shape index (κ1) is 36.6. The molecule has 2 N–H and O–H groups in total. The summed E-state index contributed by atoms with van der Waals surface area (Å²) in [5.41, 5.74) is 5.38. The smallest absolute Gasteiger partial charge is 0.0205 e. The fraction of sp³-hybridized carbons (Fsp3) is 0.700. The molecule has 2 rings (SSSR count). The quantitative estimate of drug-likeness (QED) is 0.0941. The summed E-state index contributed by atoms with van der Waals surface area (Å²) in [5, 5.41) is 7.29. The Kier molecular flexibility index (Phi) is 23.5. The van der Waals surface area contributed by atoms with Crippen LogP contribution in [0.5, 0.6) is 0 Å². The van der Waals surface area contributed by atoms with Gasteiger partial charge in [-0.15, -0.1) is 0 Å².